The van der Waals surface area contributed by atoms with E-state index in [0.717, 1.165) is 4.88 Å². The number of methoxy groups -OCH3 is 1. The summed E-state index contributed by atoms with van der Waals surface area (Å²) in [5.41, 5.74) is 0.522. The summed E-state index contributed by atoms with van der Waals surface area (Å²) in [6.45, 7) is 0.999. The van der Waals surface area contributed by atoms with Crippen molar-refractivity contribution in [3.8, 4) is 5.75 Å². The molecule has 1 aliphatic rings. The molecule has 33 heavy (non-hydrogen) atoms. The van der Waals surface area contributed by atoms with E-state index in [1.165, 1.54) is 18.4 Å². The summed E-state index contributed by atoms with van der Waals surface area (Å²) in [5, 5.41) is 9.47. The van der Waals surface area contributed by atoms with Gasteiger partial charge in [-0.3, -0.25) is 9.59 Å². The van der Waals surface area contributed by atoms with Gasteiger partial charge in [-0.15, -0.1) is 11.3 Å². The van der Waals surface area contributed by atoms with Crippen molar-refractivity contribution in [2.45, 2.75) is 13.0 Å². The number of carbonyl (C=O) groups excluding carboxylic acids is 4. The minimum atomic E-state index is -0.755. The summed E-state index contributed by atoms with van der Waals surface area (Å²) < 4.78 is 15.5. The van der Waals surface area contributed by atoms with Crippen molar-refractivity contribution in [1.82, 2.24) is 16.0 Å². The maximum Gasteiger partial charge on any atom is 0.338 e. The molecule has 0 saturated heterocycles. The van der Waals surface area contributed by atoms with Crippen LogP contribution in [0.4, 0.5) is 4.79 Å². The van der Waals surface area contributed by atoms with Gasteiger partial charge >= 0.3 is 18.0 Å². The quantitative estimate of drug-likeness (QED) is 0.474. The van der Waals surface area contributed by atoms with E-state index in [1.54, 1.807) is 43.3 Å². The Bertz CT molecular complexity index is 1070. The number of para-hydroxylation sites is 1. The molecule has 3 rings (SSSR count). The van der Waals surface area contributed by atoms with E-state index >= 15 is 0 Å². The van der Waals surface area contributed by atoms with Crippen LogP contribution in [0.2, 0.25) is 0 Å². The van der Waals surface area contributed by atoms with Gasteiger partial charge in [-0.05, 0) is 30.5 Å². The summed E-state index contributed by atoms with van der Waals surface area (Å²) in [7, 11) is 1.44. The number of ether oxygens (including phenoxy) is 3. The Labute approximate surface area is 193 Å². The van der Waals surface area contributed by atoms with Gasteiger partial charge < -0.3 is 30.2 Å². The van der Waals surface area contributed by atoms with E-state index in [0.29, 0.717) is 5.75 Å². The minimum Gasteiger partial charge on any atom is -0.496 e. The SMILES string of the molecule is CCOC(=O)C1=C(COC(=O)CNC(=O)c2ccccc2OC)NC(=O)NC1c1cccs1. The number of hydrogen-bond donors (Lipinski definition) is 3. The highest BCUT2D eigenvalue weighted by atomic mass is 32.1. The molecule has 3 N–H and O–H groups in total. The van der Waals surface area contributed by atoms with Crippen LogP contribution in [0.15, 0.2) is 53.0 Å². The predicted molar refractivity (Wildman–Crippen MR) is 119 cm³/mol. The summed E-state index contributed by atoms with van der Waals surface area (Å²) in [4.78, 5) is 50.1. The molecule has 174 valence electrons. The lowest BCUT2D eigenvalue weighted by atomic mass is 10.0. The van der Waals surface area contributed by atoms with Crippen molar-refractivity contribution in [2.75, 3.05) is 26.9 Å². The summed E-state index contributed by atoms with van der Waals surface area (Å²) in [6, 6.07) is 8.86. The van der Waals surface area contributed by atoms with Gasteiger partial charge in [0.15, 0.2) is 0 Å². The van der Waals surface area contributed by atoms with Crippen molar-refractivity contribution in [3.05, 3.63) is 63.5 Å². The maximum atomic E-state index is 12.6. The van der Waals surface area contributed by atoms with E-state index in [-0.39, 0.29) is 30.0 Å². The van der Waals surface area contributed by atoms with E-state index < -0.39 is 36.5 Å². The number of nitrogens with one attached hydrogen (secondary N) is 3. The molecule has 0 radical (unpaired) electrons. The molecular weight excluding hydrogens is 450 g/mol. The van der Waals surface area contributed by atoms with Crippen LogP contribution in [0.3, 0.4) is 0 Å². The first-order valence-corrected chi connectivity index (χ1v) is 10.9. The maximum absolute atomic E-state index is 12.6. The molecule has 0 spiro atoms. The zero-order valence-corrected chi connectivity index (χ0v) is 18.8. The van der Waals surface area contributed by atoms with Gasteiger partial charge in [0.2, 0.25) is 0 Å². The molecule has 3 amide bonds. The number of rotatable bonds is 9. The Morgan fingerprint density at radius 2 is 1.91 bits per heavy atom. The first-order valence-electron chi connectivity index (χ1n) is 10.0. The first-order chi connectivity index (χ1) is 15.9. The minimum absolute atomic E-state index is 0.111. The van der Waals surface area contributed by atoms with Crippen LogP contribution in [0.1, 0.15) is 28.2 Å². The van der Waals surface area contributed by atoms with Gasteiger partial charge in [0.05, 0.1) is 36.6 Å². The summed E-state index contributed by atoms with van der Waals surface area (Å²) in [6.07, 6.45) is 0. The van der Waals surface area contributed by atoms with E-state index in [2.05, 4.69) is 16.0 Å². The third kappa shape index (κ3) is 5.89. The van der Waals surface area contributed by atoms with E-state index in [4.69, 9.17) is 14.2 Å². The number of benzene rings is 1. The lowest BCUT2D eigenvalue weighted by Gasteiger charge is -2.28. The normalized spacial score (nSPS) is 15.2. The summed E-state index contributed by atoms with van der Waals surface area (Å²) in [5.74, 6) is -1.54. The van der Waals surface area contributed by atoms with Crippen molar-refractivity contribution in [3.63, 3.8) is 0 Å². The molecule has 1 aliphatic heterocycles. The molecular formula is C22H23N3O7S. The van der Waals surface area contributed by atoms with Crippen LogP contribution in [0.5, 0.6) is 5.75 Å². The molecule has 1 aromatic carbocycles. The number of esters is 2. The Balaban J connectivity index is 1.69. The predicted octanol–water partition coefficient (Wildman–Crippen LogP) is 1.90. The molecule has 11 heteroatoms. The van der Waals surface area contributed by atoms with Gasteiger partial charge in [0.25, 0.3) is 5.91 Å². The smallest absolute Gasteiger partial charge is 0.338 e. The third-order valence-corrected chi connectivity index (χ3v) is 5.54. The second kappa shape index (κ2) is 11.1. The molecule has 0 saturated carbocycles. The molecule has 0 fully saturated rings. The summed E-state index contributed by atoms with van der Waals surface area (Å²) >= 11 is 1.36. The van der Waals surface area contributed by atoms with Crippen LogP contribution in [0, 0.1) is 0 Å². The molecule has 2 heterocycles. The monoisotopic (exact) mass is 473 g/mol. The van der Waals surface area contributed by atoms with Gasteiger partial charge in [0.1, 0.15) is 18.9 Å². The van der Waals surface area contributed by atoms with Gasteiger partial charge in [0, 0.05) is 4.88 Å². The number of urea groups is 1. The highest BCUT2D eigenvalue weighted by Gasteiger charge is 2.34. The van der Waals surface area contributed by atoms with Gasteiger partial charge in [-0.25, -0.2) is 9.59 Å². The molecule has 2 aromatic rings. The fraction of sp³-hybridized carbons (Fsp3) is 0.273. The van der Waals surface area contributed by atoms with Crippen LogP contribution >= 0.6 is 11.3 Å². The fourth-order valence-electron chi connectivity index (χ4n) is 3.13. The third-order valence-electron chi connectivity index (χ3n) is 4.60. The van der Waals surface area contributed by atoms with Gasteiger partial charge in [-0.2, -0.15) is 0 Å². The zero-order chi connectivity index (χ0) is 23.8. The second-order valence-corrected chi connectivity index (χ2v) is 7.68. The van der Waals surface area contributed by atoms with Crippen LogP contribution < -0.4 is 20.7 Å². The van der Waals surface area contributed by atoms with Gasteiger partial charge in [-0.1, -0.05) is 18.2 Å². The standard InChI is InChI=1S/C22H23N3O7S/c1-3-31-21(28)18-14(24-22(29)25-19(18)16-9-6-10-33-16)12-32-17(26)11-23-20(27)13-7-4-5-8-15(13)30-2/h4-10,19H,3,11-12H2,1-2H3,(H,23,27)(H2,24,25,29). The Hall–Kier alpha value is -3.86. The van der Waals surface area contributed by atoms with E-state index in [1.807, 2.05) is 5.38 Å². The number of amides is 3. The largest absolute Gasteiger partial charge is 0.496 e. The van der Waals surface area contributed by atoms with Crippen molar-refractivity contribution >= 4 is 35.2 Å². The molecule has 0 bridgehead atoms. The average Bonchev–Trinajstić information content (AvgIpc) is 3.35. The molecule has 0 aliphatic carbocycles. The topological polar surface area (TPSA) is 132 Å². The van der Waals surface area contributed by atoms with Crippen molar-refractivity contribution < 1.29 is 33.4 Å². The van der Waals surface area contributed by atoms with Crippen molar-refractivity contribution in [2.24, 2.45) is 0 Å². The second-order valence-electron chi connectivity index (χ2n) is 6.70. The molecule has 1 atom stereocenters. The zero-order valence-electron chi connectivity index (χ0n) is 18.0. The number of carbonyl (C=O) groups is 4. The fourth-order valence-corrected chi connectivity index (χ4v) is 3.92. The molecule has 10 nitrogen and oxygen atoms in total. The Kier molecular flexibility index (Phi) is 8.03. The lowest BCUT2D eigenvalue weighted by Crippen LogP contribution is -2.47. The van der Waals surface area contributed by atoms with Crippen LogP contribution in [-0.4, -0.2) is 50.7 Å². The Morgan fingerprint density at radius 1 is 1.12 bits per heavy atom. The highest BCUT2D eigenvalue weighted by molar-refractivity contribution is 7.10. The molecule has 1 unspecified atom stereocenters. The van der Waals surface area contributed by atoms with E-state index in [9.17, 15) is 19.2 Å². The average molecular weight is 474 g/mol. The molecule has 1 aromatic heterocycles. The number of thiophene rings is 1. The van der Waals surface area contributed by atoms with Crippen LogP contribution in [0.25, 0.3) is 0 Å². The lowest BCUT2D eigenvalue weighted by molar-refractivity contribution is -0.142. The number of hydrogen-bond acceptors (Lipinski definition) is 8. The first kappa shape index (κ1) is 23.8. The van der Waals surface area contributed by atoms with Crippen LogP contribution in [-0.2, 0) is 19.1 Å². The Morgan fingerprint density at radius 3 is 2.61 bits per heavy atom. The highest BCUT2D eigenvalue weighted by Crippen LogP contribution is 2.30. The van der Waals surface area contributed by atoms with Crippen molar-refractivity contribution in [1.29, 1.82) is 0 Å².